The van der Waals surface area contributed by atoms with Crippen molar-refractivity contribution in [1.82, 2.24) is 5.32 Å². The highest BCUT2D eigenvalue weighted by Crippen LogP contribution is 2.03. The number of benzene rings is 1. The molecular weight excluding hydrogens is 178 g/mol. The largest absolute Gasteiger partial charge is 0.354 e. The number of rotatable bonds is 6. The normalized spacial score (nSPS) is 12.1. The van der Waals surface area contributed by atoms with Gasteiger partial charge in [0.15, 0.2) is 0 Å². The first-order valence-corrected chi connectivity index (χ1v) is 4.72. The number of carbonyl (C=O) groups is 1. The summed E-state index contributed by atoms with van der Waals surface area (Å²) in [5, 5.41) is 2.60. The number of carbonyl (C=O) groups excluding carboxylic acids is 1. The van der Waals surface area contributed by atoms with E-state index in [-0.39, 0.29) is 6.23 Å². The lowest BCUT2D eigenvalue weighted by molar-refractivity contribution is -0.114. The van der Waals surface area contributed by atoms with Crippen molar-refractivity contribution < 1.29 is 9.53 Å². The van der Waals surface area contributed by atoms with Crippen molar-refractivity contribution in [2.75, 3.05) is 0 Å². The quantitative estimate of drug-likeness (QED) is 0.551. The van der Waals surface area contributed by atoms with Gasteiger partial charge in [0.05, 0.1) is 6.61 Å². The molecule has 1 aromatic rings. The Kier molecular flexibility index (Phi) is 4.72. The van der Waals surface area contributed by atoms with Crippen molar-refractivity contribution >= 4 is 6.41 Å². The van der Waals surface area contributed by atoms with Crippen molar-refractivity contribution in [3.8, 4) is 0 Å². The molecule has 0 radical (unpaired) electrons. The lowest BCUT2D eigenvalue weighted by Crippen LogP contribution is -2.29. The van der Waals surface area contributed by atoms with Crippen molar-refractivity contribution in [2.24, 2.45) is 0 Å². The van der Waals surface area contributed by atoms with E-state index in [4.69, 9.17) is 4.74 Å². The second-order valence-electron chi connectivity index (χ2n) is 2.98. The van der Waals surface area contributed by atoms with E-state index in [1.807, 2.05) is 37.3 Å². The first-order valence-electron chi connectivity index (χ1n) is 4.72. The average molecular weight is 193 g/mol. The topological polar surface area (TPSA) is 38.3 Å². The lowest BCUT2D eigenvalue weighted by Gasteiger charge is -2.14. The van der Waals surface area contributed by atoms with Crippen LogP contribution in [0.15, 0.2) is 30.3 Å². The van der Waals surface area contributed by atoms with E-state index in [1.165, 1.54) is 0 Å². The fourth-order valence-electron chi connectivity index (χ4n) is 1.13. The maximum Gasteiger partial charge on any atom is 0.209 e. The molecule has 1 N–H and O–H groups in total. The van der Waals surface area contributed by atoms with Crippen LogP contribution in [0.1, 0.15) is 18.9 Å². The van der Waals surface area contributed by atoms with Crippen LogP contribution in [0.2, 0.25) is 0 Å². The van der Waals surface area contributed by atoms with Crippen LogP contribution in [0, 0.1) is 0 Å². The van der Waals surface area contributed by atoms with Crippen molar-refractivity contribution in [3.63, 3.8) is 0 Å². The summed E-state index contributed by atoms with van der Waals surface area (Å²) in [6.45, 7) is 2.49. The highest BCUT2D eigenvalue weighted by atomic mass is 16.5. The second kappa shape index (κ2) is 6.16. The molecule has 1 amide bonds. The fourth-order valence-corrected chi connectivity index (χ4v) is 1.13. The molecule has 0 aliphatic rings. The Hall–Kier alpha value is -1.35. The van der Waals surface area contributed by atoms with Gasteiger partial charge >= 0.3 is 0 Å². The molecule has 1 aromatic carbocycles. The standard InChI is InChI=1S/C11H15NO2/c1-2-11(12-9-13)14-8-10-6-4-3-5-7-10/h3-7,9,11H,2,8H2,1H3,(H,12,13). The molecule has 0 aliphatic heterocycles. The molecule has 3 heteroatoms. The predicted molar refractivity (Wildman–Crippen MR) is 54.5 cm³/mol. The molecule has 0 bridgehead atoms. The zero-order valence-electron chi connectivity index (χ0n) is 8.27. The van der Waals surface area contributed by atoms with Gasteiger partial charge in [0.1, 0.15) is 6.23 Å². The number of amides is 1. The maximum absolute atomic E-state index is 10.2. The second-order valence-corrected chi connectivity index (χ2v) is 2.98. The molecule has 14 heavy (non-hydrogen) atoms. The molecule has 1 rings (SSSR count). The molecule has 76 valence electrons. The van der Waals surface area contributed by atoms with Gasteiger partial charge in [-0.25, -0.2) is 0 Å². The minimum atomic E-state index is -0.187. The third-order valence-electron chi connectivity index (χ3n) is 1.92. The summed E-state index contributed by atoms with van der Waals surface area (Å²) >= 11 is 0. The Labute approximate surface area is 84.1 Å². The molecule has 0 saturated carbocycles. The Morgan fingerprint density at radius 2 is 2.14 bits per heavy atom. The third-order valence-corrected chi connectivity index (χ3v) is 1.92. The molecule has 1 atom stereocenters. The van der Waals surface area contributed by atoms with Crippen LogP contribution in [0.5, 0.6) is 0 Å². The van der Waals surface area contributed by atoms with Gasteiger partial charge in [-0.15, -0.1) is 0 Å². The number of ether oxygens (including phenoxy) is 1. The smallest absolute Gasteiger partial charge is 0.209 e. The van der Waals surface area contributed by atoms with Crippen molar-refractivity contribution in [3.05, 3.63) is 35.9 Å². The monoisotopic (exact) mass is 193 g/mol. The van der Waals surface area contributed by atoms with Gasteiger partial charge < -0.3 is 10.1 Å². The zero-order chi connectivity index (χ0) is 10.2. The van der Waals surface area contributed by atoms with Gasteiger partial charge in [-0.05, 0) is 12.0 Å². The van der Waals surface area contributed by atoms with Crippen LogP contribution < -0.4 is 5.32 Å². The number of nitrogens with one attached hydrogen (secondary N) is 1. The van der Waals surface area contributed by atoms with E-state index in [9.17, 15) is 4.79 Å². The van der Waals surface area contributed by atoms with Gasteiger partial charge in [0, 0.05) is 0 Å². The average Bonchev–Trinajstić information content (AvgIpc) is 2.25. The van der Waals surface area contributed by atoms with E-state index in [2.05, 4.69) is 5.32 Å². The van der Waals surface area contributed by atoms with Gasteiger partial charge in [-0.1, -0.05) is 37.3 Å². The fraction of sp³-hybridized carbons (Fsp3) is 0.364. The molecule has 0 saturated heterocycles. The first kappa shape index (κ1) is 10.7. The molecule has 0 aromatic heterocycles. The lowest BCUT2D eigenvalue weighted by atomic mass is 10.2. The molecule has 1 unspecified atom stereocenters. The SMILES string of the molecule is CCC(NC=O)OCc1ccccc1. The van der Waals surface area contributed by atoms with Crippen LogP contribution in [-0.2, 0) is 16.1 Å². The number of hydrogen-bond donors (Lipinski definition) is 1. The summed E-state index contributed by atoms with van der Waals surface area (Å²) < 4.78 is 5.48. The summed E-state index contributed by atoms with van der Waals surface area (Å²) in [6, 6.07) is 9.88. The maximum atomic E-state index is 10.2. The molecule has 0 spiro atoms. The van der Waals surface area contributed by atoms with Crippen LogP contribution in [0.4, 0.5) is 0 Å². The Bertz CT molecular complexity index is 261. The van der Waals surface area contributed by atoms with Crippen LogP contribution in [-0.4, -0.2) is 12.6 Å². The van der Waals surface area contributed by atoms with E-state index < -0.39 is 0 Å². The minimum Gasteiger partial charge on any atom is -0.354 e. The third kappa shape index (κ3) is 3.58. The summed E-state index contributed by atoms with van der Waals surface area (Å²) in [5.41, 5.74) is 1.11. The summed E-state index contributed by atoms with van der Waals surface area (Å²) in [4.78, 5) is 10.2. The molecular formula is C11H15NO2. The Balaban J connectivity index is 2.35. The molecule has 0 fully saturated rings. The van der Waals surface area contributed by atoms with Gasteiger partial charge in [-0.2, -0.15) is 0 Å². The number of hydrogen-bond acceptors (Lipinski definition) is 2. The van der Waals surface area contributed by atoms with Crippen molar-refractivity contribution in [1.29, 1.82) is 0 Å². The van der Waals surface area contributed by atoms with E-state index in [1.54, 1.807) is 0 Å². The van der Waals surface area contributed by atoms with Gasteiger partial charge in [0.2, 0.25) is 6.41 Å². The van der Waals surface area contributed by atoms with Gasteiger partial charge in [0.25, 0.3) is 0 Å². The summed E-state index contributed by atoms with van der Waals surface area (Å²) in [5.74, 6) is 0. The van der Waals surface area contributed by atoms with Gasteiger partial charge in [-0.3, -0.25) is 4.79 Å². The zero-order valence-corrected chi connectivity index (χ0v) is 8.27. The Morgan fingerprint density at radius 3 is 2.71 bits per heavy atom. The molecule has 0 heterocycles. The van der Waals surface area contributed by atoms with Crippen LogP contribution in [0.25, 0.3) is 0 Å². The molecule has 0 aliphatic carbocycles. The van der Waals surface area contributed by atoms with Crippen LogP contribution >= 0.6 is 0 Å². The van der Waals surface area contributed by atoms with Crippen LogP contribution in [0.3, 0.4) is 0 Å². The molecule has 3 nitrogen and oxygen atoms in total. The minimum absolute atomic E-state index is 0.187. The van der Waals surface area contributed by atoms with E-state index in [0.29, 0.717) is 13.0 Å². The highest BCUT2D eigenvalue weighted by Gasteiger charge is 2.03. The Morgan fingerprint density at radius 1 is 1.43 bits per heavy atom. The summed E-state index contributed by atoms with van der Waals surface area (Å²) in [6.07, 6.45) is 1.25. The van der Waals surface area contributed by atoms with E-state index in [0.717, 1.165) is 12.0 Å². The van der Waals surface area contributed by atoms with Crippen molar-refractivity contribution in [2.45, 2.75) is 26.2 Å². The first-order chi connectivity index (χ1) is 6.86. The van der Waals surface area contributed by atoms with E-state index >= 15 is 0 Å². The summed E-state index contributed by atoms with van der Waals surface area (Å²) in [7, 11) is 0. The predicted octanol–water partition coefficient (Wildman–Crippen LogP) is 1.69. The highest BCUT2D eigenvalue weighted by molar-refractivity contribution is 5.46.